The topological polar surface area (TPSA) is 38.9 Å². The Kier molecular flexibility index (Phi) is 2.32. The Labute approximate surface area is 67.2 Å². The van der Waals surface area contributed by atoms with E-state index in [1.165, 1.54) is 24.5 Å². The summed E-state index contributed by atoms with van der Waals surface area (Å²) < 4.78 is 36.0. The predicted octanol–water partition coefficient (Wildman–Crippen LogP) is 1.64. The minimum Gasteiger partial charge on any atom is -0.316 e. The maximum absolute atomic E-state index is 12.0. The highest BCUT2D eigenvalue weighted by atomic mass is 19.4. The molecule has 0 unspecified atom stereocenters. The van der Waals surface area contributed by atoms with E-state index in [4.69, 9.17) is 5.73 Å². The smallest absolute Gasteiger partial charge is 0.316 e. The van der Waals surface area contributed by atoms with E-state index in [9.17, 15) is 13.2 Å². The second kappa shape index (κ2) is 3.10. The summed E-state index contributed by atoms with van der Waals surface area (Å²) >= 11 is 0. The van der Waals surface area contributed by atoms with Crippen LogP contribution in [-0.2, 0) is 0 Å². The highest BCUT2D eigenvalue weighted by Crippen LogP contribution is 2.29. The first-order chi connectivity index (χ1) is 5.52. The van der Waals surface area contributed by atoms with E-state index < -0.39 is 12.2 Å². The van der Waals surface area contributed by atoms with Gasteiger partial charge >= 0.3 is 6.18 Å². The Morgan fingerprint density at radius 1 is 1.25 bits per heavy atom. The van der Waals surface area contributed by atoms with Gasteiger partial charge in [0.1, 0.15) is 6.04 Å². The van der Waals surface area contributed by atoms with Crippen molar-refractivity contribution in [3.63, 3.8) is 0 Å². The van der Waals surface area contributed by atoms with E-state index in [0.717, 1.165) is 0 Å². The van der Waals surface area contributed by atoms with Crippen molar-refractivity contribution in [1.29, 1.82) is 0 Å². The molecule has 0 spiro atoms. The Hall–Kier alpha value is -1.10. The zero-order valence-electron chi connectivity index (χ0n) is 6.05. The number of rotatable bonds is 1. The Bertz CT molecular complexity index is 245. The number of halogens is 3. The summed E-state index contributed by atoms with van der Waals surface area (Å²) in [5, 5.41) is 0. The fourth-order valence-electron chi connectivity index (χ4n) is 0.760. The lowest BCUT2D eigenvalue weighted by Gasteiger charge is -2.14. The molecule has 0 aliphatic rings. The standard InChI is InChI=1S/C7H7F3N2/c8-7(9,10)6(11)5-1-3-12-4-2-5/h1-4,6H,11H2/t6-/m1/s1. The van der Waals surface area contributed by atoms with Gasteiger partial charge in [0.25, 0.3) is 0 Å². The number of nitrogens with two attached hydrogens (primary N) is 1. The molecule has 1 rings (SSSR count). The van der Waals surface area contributed by atoms with Crippen LogP contribution in [0.3, 0.4) is 0 Å². The summed E-state index contributed by atoms with van der Waals surface area (Å²) in [7, 11) is 0. The first-order valence-electron chi connectivity index (χ1n) is 3.24. The number of pyridine rings is 1. The van der Waals surface area contributed by atoms with Gasteiger partial charge in [0.2, 0.25) is 0 Å². The van der Waals surface area contributed by atoms with Crippen LogP contribution in [0.4, 0.5) is 13.2 Å². The summed E-state index contributed by atoms with van der Waals surface area (Å²) in [6.45, 7) is 0. The normalized spacial score (nSPS) is 14.3. The number of alkyl halides is 3. The molecular weight excluding hydrogens is 169 g/mol. The molecule has 0 saturated carbocycles. The largest absolute Gasteiger partial charge is 0.407 e. The number of hydrogen-bond acceptors (Lipinski definition) is 2. The SMILES string of the molecule is N[C@H](c1ccncc1)C(F)(F)F. The molecule has 66 valence electrons. The van der Waals surface area contributed by atoms with Crippen LogP contribution in [0.25, 0.3) is 0 Å². The number of nitrogens with zero attached hydrogens (tertiary/aromatic N) is 1. The van der Waals surface area contributed by atoms with Gasteiger partial charge in [-0.1, -0.05) is 0 Å². The van der Waals surface area contributed by atoms with E-state index >= 15 is 0 Å². The molecule has 2 N–H and O–H groups in total. The summed E-state index contributed by atoms with van der Waals surface area (Å²) in [4.78, 5) is 3.59. The molecule has 0 aromatic carbocycles. The molecule has 2 nitrogen and oxygen atoms in total. The van der Waals surface area contributed by atoms with Crippen molar-refractivity contribution in [1.82, 2.24) is 4.98 Å². The molecule has 0 radical (unpaired) electrons. The Morgan fingerprint density at radius 3 is 2.17 bits per heavy atom. The highest BCUT2D eigenvalue weighted by Gasteiger charge is 2.37. The highest BCUT2D eigenvalue weighted by molar-refractivity contribution is 5.15. The molecule has 12 heavy (non-hydrogen) atoms. The first-order valence-corrected chi connectivity index (χ1v) is 3.24. The molecule has 0 fully saturated rings. The van der Waals surface area contributed by atoms with Gasteiger partial charge in [-0.3, -0.25) is 4.98 Å². The monoisotopic (exact) mass is 176 g/mol. The molecule has 1 atom stereocenters. The Balaban J connectivity index is 2.86. The minimum atomic E-state index is -4.39. The van der Waals surface area contributed by atoms with Crippen LogP contribution < -0.4 is 5.73 Å². The molecule has 0 amide bonds. The van der Waals surface area contributed by atoms with Crippen LogP contribution in [-0.4, -0.2) is 11.2 Å². The zero-order chi connectivity index (χ0) is 9.19. The molecule has 1 aromatic heterocycles. The zero-order valence-corrected chi connectivity index (χ0v) is 6.05. The third-order valence-corrected chi connectivity index (χ3v) is 1.42. The maximum atomic E-state index is 12.0. The van der Waals surface area contributed by atoms with E-state index in [1.54, 1.807) is 0 Å². The van der Waals surface area contributed by atoms with Crippen molar-refractivity contribution in [3.05, 3.63) is 30.1 Å². The number of aromatic nitrogens is 1. The van der Waals surface area contributed by atoms with Gasteiger partial charge < -0.3 is 5.73 Å². The molecular formula is C7H7F3N2. The lowest BCUT2D eigenvalue weighted by molar-refractivity contribution is -0.149. The second-order valence-corrected chi connectivity index (χ2v) is 2.30. The summed E-state index contributed by atoms with van der Waals surface area (Å²) in [5.74, 6) is 0. The molecule has 1 aromatic rings. The van der Waals surface area contributed by atoms with Crippen LogP contribution in [0.5, 0.6) is 0 Å². The van der Waals surface area contributed by atoms with Gasteiger partial charge in [-0.05, 0) is 17.7 Å². The third-order valence-electron chi connectivity index (χ3n) is 1.42. The summed E-state index contributed by atoms with van der Waals surface area (Å²) in [6.07, 6.45) is -1.83. The molecule has 5 heteroatoms. The van der Waals surface area contributed by atoms with Crippen molar-refractivity contribution in [2.75, 3.05) is 0 Å². The van der Waals surface area contributed by atoms with Gasteiger partial charge in [0, 0.05) is 12.4 Å². The van der Waals surface area contributed by atoms with Crippen LogP contribution in [0, 0.1) is 0 Å². The van der Waals surface area contributed by atoms with Crippen molar-refractivity contribution >= 4 is 0 Å². The average Bonchev–Trinajstić information content (AvgIpc) is 2.03. The van der Waals surface area contributed by atoms with Crippen molar-refractivity contribution in [3.8, 4) is 0 Å². The van der Waals surface area contributed by atoms with Gasteiger partial charge in [0.05, 0.1) is 0 Å². The van der Waals surface area contributed by atoms with E-state index in [0.29, 0.717) is 0 Å². The quantitative estimate of drug-likeness (QED) is 0.706. The van der Waals surface area contributed by atoms with Crippen molar-refractivity contribution in [2.24, 2.45) is 5.73 Å². The average molecular weight is 176 g/mol. The van der Waals surface area contributed by atoms with E-state index in [2.05, 4.69) is 4.98 Å². The second-order valence-electron chi connectivity index (χ2n) is 2.30. The fourth-order valence-corrected chi connectivity index (χ4v) is 0.760. The number of hydrogen-bond donors (Lipinski definition) is 1. The van der Waals surface area contributed by atoms with Crippen LogP contribution in [0.1, 0.15) is 11.6 Å². The fraction of sp³-hybridized carbons (Fsp3) is 0.286. The molecule has 1 heterocycles. The van der Waals surface area contributed by atoms with E-state index in [-0.39, 0.29) is 5.56 Å². The molecule has 0 saturated heterocycles. The summed E-state index contributed by atoms with van der Waals surface area (Å²) in [5.41, 5.74) is 4.94. The van der Waals surface area contributed by atoms with Crippen LogP contribution >= 0.6 is 0 Å². The van der Waals surface area contributed by atoms with Gasteiger partial charge in [-0.15, -0.1) is 0 Å². The molecule has 0 aliphatic carbocycles. The third kappa shape index (κ3) is 1.94. The minimum absolute atomic E-state index is 0.0255. The maximum Gasteiger partial charge on any atom is 0.407 e. The predicted molar refractivity (Wildman–Crippen MR) is 37.2 cm³/mol. The Morgan fingerprint density at radius 2 is 1.75 bits per heavy atom. The summed E-state index contributed by atoms with van der Waals surface area (Å²) in [6, 6.07) is 0.580. The van der Waals surface area contributed by atoms with Crippen molar-refractivity contribution < 1.29 is 13.2 Å². The van der Waals surface area contributed by atoms with Gasteiger partial charge in [-0.2, -0.15) is 13.2 Å². The van der Waals surface area contributed by atoms with Crippen LogP contribution in [0.2, 0.25) is 0 Å². The van der Waals surface area contributed by atoms with Crippen molar-refractivity contribution in [2.45, 2.75) is 12.2 Å². The van der Waals surface area contributed by atoms with Gasteiger partial charge in [0.15, 0.2) is 0 Å². The first kappa shape index (κ1) is 8.99. The molecule has 0 bridgehead atoms. The lowest BCUT2D eigenvalue weighted by atomic mass is 10.1. The van der Waals surface area contributed by atoms with Crippen LogP contribution in [0.15, 0.2) is 24.5 Å². The lowest BCUT2D eigenvalue weighted by Crippen LogP contribution is -2.28. The van der Waals surface area contributed by atoms with E-state index in [1.807, 2.05) is 0 Å². The van der Waals surface area contributed by atoms with Gasteiger partial charge in [-0.25, -0.2) is 0 Å². The molecule has 0 aliphatic heterocycles.